The van der Waals surface area contributed by atoms with E-state index in [0.717, 1.165) is 0 Å². The zero-order chi connectivity index (χ0) is 10.7. The van der Waals surface area contributed by atoms with Gasteiger partial charge in [0.05, 0.1) is 7.11 Å². The van der Waals surface area contributed by atoms with Crippen molar-refractivity contribution in [3.63, 3.8) is 0 Å². The summed E-state index contributed by atoms with van der Waals surface area (Å²) in [5, 5.41) is 0.325. The number of hydrogen-bond donors (Lipinski definition) is 0. The van der Waals surface area contributed by atoms with Crippen LogP contribution in [0.5, 0.6) is 6.01 Å². The highest BCUT2D eigenvalue weighted by Crippen LogP contribution is 2.22. The topological polar surface area (TPSA) is 60.8 Å². The first kappa shape index (κ1) is 9.79. The van der Waals surface area contributed by atoms with Crippen LogP contribution in [0.2, 0.25) is 5.15 Å². The highest BCUT2D eigenvalue weighted by atomic mass is 35.5. The first-order valence-electron chi connectivity index (χ1n) is 4.14. The third-order valence-corrected chi connectivity index (χ3v) is 2.01. The van der Waals surface area contributed by atoms with Crippen LogP contribution in [-0.2, 0) is 0 Å². The van der Waals surface area contributed by atoms with Crippen LogP contribution in [0.1, 0.15) is 0 Å². The molecule has 76 valence electrons. The standard InChI is InChI=1S/C9H7ClN4O/c1-15-9-13-4-6(5-14-9)7-8(10)12-3-2-11-7/h2-5H,1H3. The van der Waals surface area contributed by atoms with Crippen molar-refractivity contribution < 1.29 is 4.74 Å². The molecule has 0 aromatic carbocycles. The lowest BCUT2D eigenvalue weighted by Crippen LogP contribution is -1.93. The number of aromatic nitrogens is 4. The lowest BCUT2D eigenvalue weighted by Gasteiger charge is -2.01. The molecular weight excluding hydrogens is 216 g/mol. The molecule has 5 nitrogen and oxygen atoms in total. The van der Waals surface area contributed by atoms with E-state index in [1.165, 1.54) is 13.3 Å². The van der Waals surface area contributed by atoms with Crippen LogP contribution in [0.25, 0.3) is 11.3 Å². The van der Waals surface area contributed by atoms with E-state index in [4.69, 9.17) is 16.3 Å². The molecular formula is C9H7ClN4O. The molecule has 0 aliphatic carbocycles. The van der Waals surface area contributed by atoms with Gasteiger partial charge in [0, 0.05) is 30.4 Å². The molecule has 2 rings (SSSR count). The van der Waals surface area contributed by atoms with Gasteiger partial charge >= 0.3 is 6.01 Å². The van der Waals surface area contributed by atoms with Gasteiger partial charge in [0.15, 0.2) is 5.15 Å². The van der Waals surface area contributed by atoms with Crippen LogP contribution in [0.15, 0.2) is 24.8 Å². The van der Waals surface area contributed by atoms with Crippen LogP contribution >= 0.6 is 11.6 Å². The maximum absolute atomic E-state index is 5.87. The third-order valence-electron chi connectivity index (χ3n) is 1.74. The fraction of sp³-hybridized carbons (Fsp3) is 0.111. The number of hydrogen-bond acceptors (Lipinski definition) is 5. The Bertz CT molecular complexity index is 460. The zero-order valence-electron chi connectivity index (χ0n) is 7.88. The van der Waals surface area contributed by atoms with E-state index in [1.54, 1.807) is 18.6 Å². The van der Waals surface area contributed by atoms with Crippen molar-refractivity contribution >= 4 is 11.6 Å². The van der Waals surface area contributed by atoms with Crippen LogP contribution in [0.3, 0.4) is 0 Å². The highest BCUT2D eigenvalue weighted by Gasteiger charge is 2.06. The first-order valence-corrected chi connectivity index (χ1v) is 4.52. The largest absolute Gasteiger partial charge is 0.467 e. The normalized spacial score (nSPS) is 10.0. The minimum Gasteiger partial charge on any atom is -0.467 e. The van der Waals surface area contributed by atoms with Gasteiger partial charge in [-0.1, -0.05) is 11.6 Å². The Kier molecular flexibility index (Phi) is 2.73. The van der Waals surface area contributed by atoms with Crippen molar-refractivity contribution in [2.24, 2.45) is 0 Å². The van der Waals surface area contributed by atoms with E-state index in [1.807, 2.05) is 0 Å². The maximum atomic E-state index is 5.87. The summed E-state index contributed by atoms with van der Waals surface area (Å²) in [6, 6.07) is 0.304. The van der Waals surface area contributed by atoms with Gasteiger partial charge in [-0.05, 0) is 0 Å². The zero-order valence-corrected chi connectivity index (χ0v) is 8.64. The lowest BCUT2D eigenvalue weighted by molar-refractivity contribution is 0.380. The molecule has 0 bridgehead atoms. The van der Waals surface area contributed by atoms with E-state index in [-0.39, 0.29) is 0 Å². The van der Waals surface area contributed by atoms with Gasteiger partial charge in [0.25, 0.3) is 0 Å². The molecule has 0 aliphatic heterocycles. The molecule has 15 heavy (non-hydrogen) atoms. The summed E-state index contributed by atoms with van der Waals surface area (Å²) in [5.41, 5.74) is 1.26. The molecule has 2 aromatic heterocycles. The Morgan fingerprint density at radius 2 is 1.73 bits per heavy atom. The second kappa shape index (κ2) is 4.18. The van der Waals surface area contributed by atoms with Crippen molar-refractivity contribution in [1.82, 2.24) is 19.9 Å². The predicted octanol–water partition coefficient (Wildman–Crippen LogP) is 1.60. The second-order valence-electron chi connectivity index (χ2n) is 2.65. The molecule has 0 spiro atoms. The fourth-order valence-corrected chi connectivity index (χ4v) is 1.27. The second-order valence-corrected chi connectivity index (χ2v) is 3.01. The molecule has 0 N–H and O–H groups in total. The molecule has 0 saturated heterocycles. The molecule has 0 fully saturated rings. The molecule has 0 atom stereocenters. The Morgan fingerprint density at radius 3 is 2.33 bits per heavy atom. The summed E-state index contributed by atoms with van der Waals surface area (Å²) < 4.78 is 4.84. The van der Waals surface area contributed by atoms with Crippen molar-refractivity contribution in [2.75, 3.05) is 7.11 Å². The van der Waals surface area contributed by atoms with Crippen LogP contribution in [0.4, 0.5) is 0 Å². The summed E-state index contributed by atoms with van der Waals surface area (Å²) in [5.74, 6) is 0. The van der Waals surface area contributed by atoms with E-state index >= 15 is 0 Å². The molecule has 0 aliphatic rings. The number of nitrogens with zero attached hydrogens (tertiary/aromatic N) is 4. The summed E-state index contributed by atoms with van der Waals surface area (Å²) in [4.78, 5) is 15.9. The Balaban J connectivity index is 2.42. The summed E-state index contributed by atoms with van der Waals surface area (Å²) >= 11 is 5.87. The van der Waals surface area contributed by atoms with Gasteiger partial charge < -0.3 is 4.74 Å². The van der Waals surface area contributed by atoms with E-state index in [9.17, 15) is 0 Å². The molecule has 0 unspecified atom stereocenters. The molecule has 2 heterocycles. The SMILES string of the molecule is COc1ncc(-c2nccnc2Cl)cn1. The van der Waals surface area contributed by atoms with Crippen molar-refractivity contribution in [3.8, 4) is 17.3 Å². The smallest absolute Gasteiger partial charge is 0.316 e. The molecule has 0 radical (unpaired) electrons. The average Bonchev–Trinajstić information content (AvgIpc) is 2.30. The van der Waals surface area contributed by atoms with Gasteiger partial charge in [-0.2, -0.15) is 0 Å². The van der Waals surface area contributed by atoms with Crippen LogP contribution in [-0.4, -0.2) is 27.0 Å². The molecule has 2 aromatic rings. The van der Waals surface area contributed by atoms with Crippen LogP contribution < -0.4 is 4.74 Å². The minimum atomic E-state index is 0.304. The Morgan fingerprint density at radius 1 is 1.07 bits per heavy atom. The van der Waals surface area contributed by atoms with Gasteiger partial charge in [0.2, 0.25) is 0 Å². The van der Waals surface area contributed by atoms with Crippen molar-refractivity contribution in [1.29, 1.82) is 0 Å². The summed E-state index contributed by atoms with van der Waals surface area (Å²) in [6.45, 7) is 0. The lowest BCUT2D eigenvalue weighted by atomic mass is 10.2. The quantitative estimate of drug-likeness (QED) is 0.772. The molecule has 0 saturated carbocycles. The highest BCUT2D eigenvalue weighted by molar-refractivity contribution is 6.31. The fourth-order valence-electron chi connectivity index (χ4n) is 1.06. The maximum Gasteiger partial charge on any atom is 0.316 e. The molecule has 6 heteroatoms. The van der Waals surface area contributed by atoms with Crippen molar-refractivity contribution in [3.05, 3.63) is 29.9 Å². The third kappa shape index (κ3) is 2.02. The number of ether oxygens (including phenoxy) is 1. The summed E-state index contributed by atoms with van der Waals surface area (Å²) in [6.07, 6.45) is 6.26. The average molecular weight is 223 g/mol. The number of methoxy groups -OCH3 is 1. The summed E-state index contributed by atoms with van der Waals surface area (Å²) in [7, 11) is 1.50. The number of halogens is 1. The molecule has 0 amide bonds. The van der Waals surface area contributed by atoms with E-state index < -0.39 is 0 Å². The Labute approximate surface area is 91.1 Å². The van der Waals surface area contributed by atoms with Gasteiger partial charge in [0.1, 0.15) is 5.69 Å². The minimum absolute atomic E-state index is 0.304. The number of rotatable bonds is 2. The Hall–Kier alpha value is -1.75. The predicted molar refractivity (Wildman–Crippen MR) is 54.6 cm³/mol. The monoisotopic (exact) mass is 222 g/mol. The first-order chi connectivity index (χ1) is 7.31. The van der Waals surface area contributed by atoms with Crippen LogP contribution in [0, 0.1) is 0 Å². The van der Waals surface area contributed by atoms with Gasteiger partial charge in [-0.3, -0.25) is 4.98 Å². The van der Waals surface area contributed by atoms with Gasteiger partial charge in [-0.15, -0.1) is 0 Å². The van der Waals surface area contributed by atoms with Crippen molar-refractivity contribution in [2.45, 2.75) is 0 Å². The van der Waals surface area contributed by atoms with Gasteiger partial charge in [-0.25, -0.2) is 15.0 Å². The van der Waals surface area contributed by atoms with E-state index in [0.29, 0.717) is 22.4 Å². The van der Waals surface area contributed by atoms with E-state index in [2.05, 4.69) is 19.9 Å².